The van der Waals surface area contributed by atoms with Gasteiger partial charge in [-0.1, -0.05) is 6.07 Å². The van der Waals surface area contributed by atoms with Crippen LogP contribution in [0, 0.1) is 11.3 Å². The largest absolute Gasteiger partial charge is 0.438 e. The maximum absolute atomic E-state index is 9.79. The SMILES string of the molecule is Cn1nc(N)cc1Oc1cc(C#N)ccc1-c1ccc([C@H](O)CN)cn1. The number of benzene rings is 1. The van der Waals surface area contributed by atoms with Crippen LogP contribution in [-0.4, -0.2) is 26.4 Å². The molecule has 0 aliphatic carbocycles. The van der Waals surface area contributed by atoms with Gasteiger partial charge in [-0.25, -0.2) is 4.68 Å². The number of aliphatic hydroxyl groups excluding tert-OH is 1. The highest BCUT2D eigenvalue weighted by molar-refractivity contribution is 5.69. The lowest BCUT2D eigenvalue weighted by atomic mass is 10.1. The van der Waals surface area contributed by atoms with Gasteiger partial charge < -0.3 is 21.3 Å². The second kappa shape index (κ2) is 7.23. The molecule has 0 bridgehead atoms. The van der Waals surface area contributed by atoms with Crippen LogP contribution in [-0.2, 0) is 7.05 Å². The predicted molar refractivity (Wildman–Crippen MR) is 96.1 cm³/mol. The predicted octanol–water partition coefficient (Wildman–Crippen LogP) is 1.72. The Hall–Kier alpha value is -3.41. The van der Waals surface area contributed by atoms with Crippen LogP contribution in [0.3, 0.4) is 0 Å². The van der Waals surface area contributed by atoms with Gasteiger partial charge in [0.15, 0.2) is 0 Å². The Labute approximate surface area is 150 Å². The number of aryl methyl sites for hydroxylation is 1. The van der Waals surface area contributed by atoms with Crippen LogP contribution in [0.15, 0.2) is 42.6 Å². The van der Waals surface area contributed by atoms with Crippen molar-refractivity contribution in [3.8, 4) is 29.0 Å². The summed E-state index contributed by atoms with van der Waals surface area (Å²) in [5.74, 6) is 1.22. The molecule has 5 N–H and O–H groups in total. The van der Waals surface area contributed by atoms with Crippen LogP contribution in [0.1, 0.15) is 17.2 Å². The van der Waals surface area contributed by atoms with E-state index in [0.717, 1.165) is 0 Å². The lowest BCUT2D eigenvalue weighted by Gasteiger charge is -2.12. The van der Waals surface area contributed by atoms with Crippen LogP contribution in [0.4, 0.5) is 5.82 Å². The zero-order chi connectivity index (χ0) is 18.7. The molecule has 1 atom stereocenters. The van der Waals surface area contributed by atoms with Crippen LogP contribution in [0.2, 0.25) is 0 Å². The van der Waals surface area contributed by atoms with E-state index in [0.29, 0.717) is 39.8 Å². The topological polar surface area (TPSA) is 136 Å². The first-order valence-electron chi connectivity index (χ1n) is 7.87. The zero-order valence-electron chi connectivity index (χ0n) is 14.1. The number of anilines is 1. The number of hydrogen-bond acceptors (Lipinski definition) is 7. The number of aromatic nitrogens is 3. The first kappa shape index (κ1) is 17.4. The Bertz CT molecular complexity index is 959. The second-order valence-electron chi connectivity index (χ2n) is 5.68. The minimum Gasteiger partial charge on any atom is -0.438 e. The van der Waals surface area contributed by atoms with Crippen LogP contribution in [0.5, 0.6) is 11.6 Å². The Morgan fingerprint density at radius 3 is 2.69 bits per heavy atom. The Morgan fingerprint density at radius 2 is 2.12 bits per heavy atom. The van der Waals surface area contributed by atoms with Crippen LogP contribution >= 0.6 is 0 Å². The maximum Gasteiger partial charge on any atom is 0.219 e. The number of ether oxygens (including phenoxy) is 1. The standard InChI is InChI=1S/C18H18N6O2/c1-24-18(7-17(21)23-24)26-16-6-11(8-19)2-4-13(16)14-5-3-12(10-22-14)15(25)9-20/h2-7,10,15,25H,9,20H2,1H3,(H2,21,23)/t15-/m1/s1. The van der Waals surface area contributed by atoms with Crippen molar-refractivity contribution in [2.24, 2.45) is 12.8 Å². The third kappa shape index (κ3) is 3.49. The summed E-state index contributed by atoms with van der Waals surface area (Å²) in [6, 6.07) is 12.3. The van der Waals surface area contributed by atoms with Crippen molar-refractivity contribution in [2.45, 2.75) is 6.10 Å². The average molecular weight is 350 g/mol. The number of hydrogen-bond donors (Lipinski definition) is 3. The average Bonchev–Trinajstić information content (AvgIpc) is 2.98. The fourth-order valence-electron chi connectivity index (χ4n) is 2.47. The molecule has 1 aromatic carbocycles. The molecule has 0 aliphatic heterocycles. The van der Waals surface area contributed by atoms with E-state index in [2.05, 4.69) is 16.2 Å². The van der Waals surface area contributed by atoms with Gasteiger partial charge in [0.1, 0.15) is 11.6 Å². The summed E-state index contributed by atoms with van der Waals surface area (Å²) < 4.78 is 7.42. The lowest BCUT2D eigenvalue weighted by molar-refractivity contribution is 0.186. The van der Waals surface area contributed by atoms with Crippen molar-refractivity contribution in [1.29, 1.82) is 5.26 Å². The second-order valence-corrected chi connectivity index (χ2v) is 5.68. The summed E-state index contributed by atoms with van der Waals surface area (Å²) >= 11 is 0. The summed E-state index contributed by atoms with van der Waals surface area (Å²) in [4.78, 5) is 4.38. The molecule has 8 heteroatoms. The summed E-state index contributed by atoms with van der Waals surface area (Å²) in [7, 11) is 1.71. The summed E-state index contributed by atoms with van der Waals surface area (Å²) in [6.45, 7) is 0.119. The Kier molecular flexibility index (Phi) is 4.84. The van der Waals surface area contributed by atoms with Gasteiger partial charge in [-0.2, -0.15) is 10.4 Å². The lowest BCUT2D eigenvalue weighted by Crippen LogP contribution is -2.11. The quantitative estimate of drug-likeness (QED) is 0.637. The van der Waals surface area contributed by atoms with E-state index in [1.807, 2.05) is 0 Å². The maximum atomic E-state index is 9.79. The molecule has 0 unspecified atom stereocenters. The molecule has 8 nitrogen and oxygen atoms in total. The van der Waals surface area contributed by atoms with Gasteiger partial charge in [0.2, 0.25) is 5.88 Å². The van der Waals surface area contributed by atoms with Gasteiger partial charge in [-0.05, 0) is 24.3 Å². The number of pyridine rings is 1. The Balaban J connectivity index is 2.01. The van der Waals surface area contributed by atoms with E-state index < -0.39 is 6.10 Å². The summed E-state index contributed by atoms with van der Waals surface area (Å²) in [6.07, 6.45) is 0.808. The van der Waals surface area contributed by atoms with Crippen molar-refractivity contribution in [3.05, 3.63) is 53.7 Å². The van der Waals surface area contributed by atoms with E-state index in [4.69, 9.17) is 16.2 Å². The van der Waals surface area contributed by atoms with Gasteiger partial charge in [-0.15, -0.1) is 0 Å². The fourth-order valence-corrected chi connectivity index (χ4v) is 2.47. The van der Waals surface area contributed by atoms with E-state index in [-0.39, 0.29) is 6.54 Å². The molecule has 0 fully saturated rings. The highest BCUT2D eigenvalue weighted by atomic mass is 16.5. The smallest absolute Gasteiger partial charge is 0.219 e. The number of nitriles is 1. The van der Waals surface area contributed by atoms with Crippen molar-refractivity contribution >= 4 is 5.82 Å². The minimum absolute atomic E-state index is 0.119. The molecule has 0 amide bonds. The molecule has 0 aliphatic rings. The Morgan fingerprint density at radius 1 is 1.31 bits per heavy atom. The molecule has 0 spiro atoms. The van der Waals surface area contributed by atoms with E-state index >= 15 is 0 Å². The van der Waals surface area contributed by atoms with Crippen molar-refractivity contribution in [3.63, 3.8) is 0 Å². The van der Waals surface area contributed by atoms with Crippen molar-refractivity contribution < 1.29 is 9.84 Å². The molecule has 132 valence electrons. The first-order valence-corrected chi connectivity index (χ1v) is 7.87. The number of nitrogens with two attached hydrogens (primary N) is 2. The monoisotopic (exact) mass is 350 g/mol. The third-order valence-electron chi connectivity index (χ3n) is 3.85. The van der Waals surface area contributed by atoms with E-state index in [9.17, 15) is 10.4 Å². The number of aliphatic hydroxyl groups is 1. The van der Waals surface area contributed by atoms with Gasteiger partial charge in [0.05, 0.1) is 23.4 Å². The highest BCUT2D eigenvalue weighted by Crippen LogP contribution is 2.34. The number of nitrogens with zero attached hydrogens (tertiary/aromatic N) is 4. The minimum atomic E-state index is -0.759. The zero-order valence-corrected chi connectivity index (χ0v) is 14.1. The molecule has 26 heavy (non-hydrogen) atoms. The van der Waals surface area contributed by atoms with Gasteiger partial charge in [-0.3, -0.25) is 4.98 Å². The van der Waals surface area contributed by atoms with Crippen LogP contribution < -0.4 is 16.2 Å². The highest BCUT2D eigenvalue weighted by Gasteiger charge is 2.14. The van der Waals surface area contributed by atoms with Crippen molar-refractivity contribution in [1.82, 2.24) is 14.8 Å². The molecule has 3 aromatic rings. The summed E-state index contributed by atoms with van der Waals surface area (Å²) in [5.41, 5.74) is 13.6. The molecular weight excluding hydrogens is 332 g/mol. The van der Waals surface area contributed by atoms with Crippen LogP contribution in [0.25, 0.3) is 11.3 Å². The fraction of sp³-hybridized carbons (Fsp3) is 0.167. The molecule has 0 saturated heterocycles. The van der Waals surface area contributed by atoms with E-state index in [1.54, 1.807) is 49.6 Å². The summed E-state index contributed by atoms with van der Waals surface area (Å²) in [5, 5.41) is 23.0. The molecule has 2 heterocycles. The first-order chi connectivity index (χ1) is 12.5. The molecular formula is C18H18N6O2. The molecule has 0 radical (unpaired) electrons. The number of rotatable bonds is 5. The normalized spacial score (nSPS) is 11.8. The number of nitrogen functional groups attached to an aromatic ring is 1. The van der Waals surface area contributed by atoms with Gasteiger partial charge in [0, 0.05) is 37.0 Å². The molecule has 2 aromatic heterocycles. The van der Waals surface area contributed by atoms with Gasteiger partial charge in [0.25, 0.3) is 0 Å². The van der Waals surface area contributed by atoms with Crippen molar-refractivity contribution in [2.75, 3.05) is 12.3 Å². The molecule has 3 rings (SSSR count). The van der Waals surface area contributed by atoms with Gasteiger partial charge >= 0.3 is 0 Å². The third-order valence-corrected chi connectivity index (χ3v) is 3.85. The molecule has 0 saturated carbocycles. The van der Waals surface area contributed by atoms with E-state index in [1.165, 1.54) is 4.68 Å².